The summed E-state index contributed by atoms with van der Waals surface area (Å²) in [5.41, 5.74) is 0.943. The number of aliphatic carboxylic acids is 2. The molecule has 0 spiro atoms. The van der Waals surface area contributed by atoms with Gasteiger partial charge in [-0.2, -0.15) is 0 Å². The van der Waals surface area contributed by atoms with Crippen molar-refractivity contribution in [3.8, 4) is 0 Å². The number of allylic oxidation sites excluding steroid dienone is 2. The molecule has 1 atom stereocenters. The van der Waals surface area contributed by atoms with Crippen LogP contribution in [0.1, 0.15) is 12.0 Å². The number of hydrogen-bond acceptors (Lipinski definition) is 5. The van der Waals surface area contributed by atoms with Crippen molar-refractivity contribution < 1.29 is 24.6 Å². The number of carboxylic acid groups (broad SMARTS) is 2. The van der Waals surface area contributed by atoms with E-state index in [1.807, 2.05) is 30.3 Å². The summed E-state index contributed by atoms with van der Waals surface area (Å²) < 4.78 is 0.0352. The molecule has 2 rings (SSSR count). The van der Waals surface area contributed by atoms with E-state index >= 15 is 0 Å². The first-order valence-electron chi connectivity index (χ1n) is 6.83. The second-order valence-corrected chi connectivity index (χ2v) is 6.47. The Labute approximate surface area is 147 Å². The lowest BCUT2D eigenvalue weighted by Crippen LogP contribution is -2.45. The number of carboxylic acids is 2. The number of hydrogen-bond donors (Lipinski definition) is 2. The van der Waals surface area contributed by atoms with E-state index in [-0.39, 0.29) is 9.23 Å². The van der Waals surface area contributed by atoms with E-state index in [4.69, 9.17) is 22.4 Å². The molecule has 1 amide bonds. The molecule has 1 aliphatic heterocycles. The van der Waals surface area contributed by atoms with Gasteiger partial charge in [-0.3, -0.25) is 14.5 Å². The van der Waals surface area contributed by atoms with Gasteiger partial charge in [0.1, 0.15) is 10.4 Å². The Morgan fingerprint density at radius 1 is 1.25 bits per heavy atom. The van der Waals surface area contributed by atoms with Crippen molar-refractivity contribution in [1.29, 1.82) is 0 Å². The van der Waals surface area contributed by atoms with Crippen LogP contribution >= 0.6 is 24.0 Å². The van der Waals surface area contributed by atoms with Crippen LogP contribution in [0.15, 0.2) is 47.4 Å². The minimum absolute atomic E-state index is 0.0352. The molecule has 0 aliphatic carbocycles. The van der Waals surface area contributed by atoms with Gasteiger partial charge in [0.15, 0.2) is 0 Å². The number of carbonyl (C=O) groups is 3. The number of amides is 1. The molecular weight excluding hydrogens is 350 g/mol. The van der Waals surface area contributed by atoms with Crippen LogP contribution in [0.2, 0.25) is 0 Å². The Kier molecular flexibility index (Phi) is 5.88. The minimum Gasteiger partial charge on any atom is -0.481 e. The molecule has 1 heterocycles. The first kappa shape index (κ1) is 17.9. The Balaban J connectivity index is 2.18. The molecule has 0 aromatic heterocycles. The van der Waals surface area contributed by atoms with Crippen LogP contribution in [0.25, 0.3) is 6.08 Å². The number of carbonyl (C=O) groups excluding carboxylic acids is 1. The SMILES string of the molecule is O=C(O)C[C@H](C(=O)O)N1C(=O)/C(=C/C=C/c2ccccc2)SC1=S. The minimum atomic E-state index is -1.51. The van der Waals surface area contributed by atoms with Crippen LogP contribution < -0.4 is 0 Å². The third-order valence-electron chi connectivity index (χ3n) is 3.12. The van der Waals surface area contributed by atoms with E-state index < -0.39 is 30.3 Å². The molecule has 0 unspecified atom stereocenters. The van der Waals surface area contributed by atoms with Crippen LogP contribution in [-0.4, -0.2) is 43.3 Å². The van der Waals surface area contributed by atoms with Gasteiger partial charge in [0.05, 0.1) is 11.3 Å². The first-order valence-corrected chi connectivity index (χ1v) is 8.06. The predicted molar refractivity (Wildman–Crippen MR) is 94.3 cm³/mol. The summed E-state index contributed by atoms with van der Waals surface area (Å²) in [4.78, 5) is 35.5. The van der Waals surface area contributed by atoms with Crippen molar-refractivity contribution in [2.45, 2.75) is 12.5 Å². The smallest absolute Gasteiger partial charge is 0.327 e. The van der Waals surface area contributed by atoms with Gasteiger partial charge in [-0.25, -0.2) is 4.79 Å². The molecule has 24 heavy (non-hydrogen) atoms. The lowest BCUT2D eigenvalue weighted by Gasteiger charge is -2.21. The predicted octanol–water partition coefficient (Wildman–Crippen LogP) is 2.37. The second-order valence-electron chi connectivity index (χ2n) is 4.80. The summed E-state index contributed by atoms with van der Waals surface area (Å²) in [6, 6.07) is 7.91. The second kappa shape index (κ2) is 7.89. The molecule has 1 saturated heterocycles. The maximum Gasteiger partial charge on any atom is 0.327 e. The molecule has 124 valence electrons. The molecule has 1 aromatic carbocycles. The fraction of sp³-hybridized carbons (Fsp3) is 0.125. The zero-order valence-corrected chi connectivity index (χ0v) is 13.9. The van der Waals surface area contributed by atoms with Crippen molar-refractivity contribution in [2.24, 2.45) is 0 Å². The zero-order chi connectivity index (χ0) is 17.7. The van der Waals surface area contributed by atoms with Gasteiger partial charge < -0.3 is 10.2 Å². The van der Waals surface area contributed by atoms with Crippen LogP contribution in [0, 0.1) is 0 Å². The molecule has 1 aromatic rings. The fourth-order valence-corrected chi connectivity index (χ4v) is 3.34. The van der Waals surface area contributed by atoms with Crippen LogP contribution in [0.5, 0.6) is 0 Å². The Morgan fingerprint density at radius 2 is 1.92 bits per heavy atom. The molecule has 0 radical (unpaired) electrons. The Bertz CT molecular complexity index is 742. The maximum atomic E-state index is 12.3. The molecule has 1 aliphatic rings. The van der Waals surface area contributed by atoms with Crippen LogP contribution in [-0.2, 0) is 14.4 Å². The van der Waals surface area contributed by atoms with Gasteiger partial charge in [-0.1, -0.05) is 66.5 Å². The highest BCUT2D eigenvalue weighted by Crippen LogP contribution is 2.33. The van der Waals surface area contributed by atoms with Crippen molar-refractivity contribution in [1.82, 2.24) is 4.90 Å². The number of thiocarbonyl (C=S) groups is 1. The summed E-state index contributed by atoms with van der Waals surface area (Å²) in [6.07, 6.45) is 4.27. The molecule has 2 N–H and O–H groups in total. The van der Waals surface area contributed by atoms with Gasteiger partial charge >= 0.3 is 11.9 Å². The van der Waals surface area contributed by atoms with E-state index in [0.717, 1.165) is 22.2 Å². The average molecular weight is 363 g/mol. The van der Waals surface area contributed by atoms with E-state index in [0.29, 0.717) is 0 Å². The van der Waals surface area contributed by atoms with E-state index in [1.54, 1.807) is 12.2 Å². The van der Waals surface area contributed by atoms with Crippen LogP contribution in [0.4, 0.5) is 0 Å². The van der Waals surface area contributed by atoms with Crippen LogP contribution in [0.3, 0.4) is 0 Å². The van der Waals surface area contributed by atoms with Gasteiger partial charge in [-0.05, 0) is 11.6 Å². The van der Waals surface area contributed by atoms with Crippen molar-refractivity contribution in [2.75, 3.05) is 0 Å². The van der Waals surface area contributed by atoms with Gasteiger partial charge in [-0.15, -0.1) is 0 Å². The molecule has 1 fully saturated rings. The maximum absolute atomic E-state index is 12.3. The number of benzene rings is 1. The lowest BCUT2D eigenvalue weighted by atomic mass is 10.2. The highest BCUT2D eigenvalue weighted by atomic mass is 32.2. The molecular formula is C16H13NO5S2. The normalized spacial score (nSPS) is 17.7. The standard InChI is InChI=1S/C16H13NO5S2/c18-13(19)9-11(15(21)22)17-14(20)12(24-16(17)23)8-4-7-10-5-2-1-3-6-10/h1-8,11H,9H2,(H,18,19)(H,21,22)/b7-4+,12-8-/t11-/m1/s1. The largest absolute Gasteiger partial charge is 0.481 e. The Morgan fingerprint density at radius 3 is 2.50 bits per heavy atom. The number of thioether (sulfide) groups is 1. The third-order valence-corrected chi connectivity index (χ3v) is 4.47. The topological polar surface area (TPSA) is 94.9 Å². The van der Waals surface area contributed by atoms with Gasteiger partial charge in [0.25, 0.3) is 5.91 Å². The van der Waals surface area contributed by atoms with E-state index in [2.05, 4.69) is 0 Å². The lowest BCUT2D eigenvalue weighted by molar-refractivity contribution is -0.150. The zero-order valence-electron chi connectivity index (χ0n) is 12.3. The molecule has 0 bridgehead atoms. The highest BCUT2D eigenvalue weighted by Gasteiger charge is 2.41. The first-order chi connectivity index (χ1) is 11.4. The summed E-state index contributed by atoms with van der Waals surface area (Å²) in [5, 5.41) is 18.0. The monoisotopic (exact) mass is 363 g/mol. The molecule has 6 nitrogen and oxygen atoms in total. The van der Waals surface area contributed by atoms with Crippen molar-refractivity contribution >= 4 is 52.2 Å². The quantitative estimate of drug-likeness (QED) is 0.592. The number of rotatable bonds is 6. The number of nitrogens with zero attached hydrogens (tertiary/aromatic N) is 1. The van der Waals surface area contributed by atoms with Gasteiger partial charge in [0.2, 0.25) is 0 Å². The average Bonchev–Trinajstić information content (AvgIpc) is 2.80. The summed E-state index contributed by atoms with van der Waals surface area (Å²) in [7, 11) is 0. The van der Waals surface area contributed by atoms with E-state index in [1.165, 1.54) is 6.08 Å². The Hall–Kier alpha value is -2.45. The van der Waals surface area contributed by atoms with Crippen molar-refractivity contribution in [3.63, 3.8) is 0 Å². The highest BCUT2D eigenvalue weighted by molar-refractivity contribution is 8.26. The van der Waals surface area contributed by atoms with Crippen molar-refractivity contribution in [3.05, 3.63) is 53.0 Å². The van der Waals surface area contributed by atoms with E-state index in [9.17, 15) is 14.4 Å². The molecule has 0 saturated carbocycles. The third kappa shape index (κ3) is 4.30. The van der Waals surface area contributed by atoms with Gasteiger partial charge in [0, 0.05) is 0 Å². The fourth-order valence-electron chi connectivity index (χ4n) is 2.03. The summed E-state index contributed by atoms with van der Waals surface area (Å²) in [6.45, 7) is 0. The summed E-state index contributed by atoms with van der Waals surface area (Å²) >= 11 is 5.98. The summed E-state index contributed by atoms with van der Waals surface area (Å²) in [5.74, 6) is -3.32. The molecule has 8 heteroatoms.